The molecule has 1 unspecified atom stereocenters. The third-order valence-corrected chi connectivity index (χ3v) is 8.58. The van der Waals surface area contributed by atoms with Gasteiger partial charge in [-0.3, -0.25) is 4.79 Å². The van der Waals surface area contributed by atoms with E-state index >= 15 is 0 Å². The van der Waals surface area contributed by atoms with Gasteiger partial charge >= 0.3 is 12.1 Å². The highest BCUT2D eigenvalue weighted by Crippen LogP contribution is 2.44. The molecule has 196 valence electrons. The minimum absolute atomic E-state index is 0.0602. The molecule has 37 heavy (non-hydrogen) atoms. The summed E-state index contributed by atoms with van der Waals surface area (Å²) in [5.74, 6) is 0.684. The predicted molar refractivity (Wildman–Crippen MR) is 134 cm³/mol. The lowest BCUT2D eigenvalue weighted by atomic mass is 9.98. The summed E-state index contributed by atoms with van der Waals surface area (Å²) in [5.41, 5.74) is 2.73. The Kier molecular flexibility index (Phi) is 8.15. The summed E-state index contributed by atoms with van der Waals surface area (Å²) in [7, 11) is -2.65. The highest BCUT2D eigenvalue weighted by molar-refractivity contribution is 7.99. The maximum atomic E-state index is 12.8. The lowest BCUT2D eigenvalue weighted by molar-refractivity contribution is -0.140. The fraction of sp³-hybridized carbons (Fsp3) is 0.269. The largest absolute Gasteiger partial charge is 0.489 e. The van der Waals surface area contributed by atoms with Gasteiger partial charge in [-0.2, -0.15) is 13.2 Å². The van der Waals surface area contributed by atoms with E-state index < -0.39 is 21.8 Å². The summed E-state index contributed by atoms with van der Waals surface area (Å²) in [4.78, 5) is 11.6. The van der Waals surface area contributed by atoms with E-state index in [4.69, 9.17) is 9.47 Å². The second-order valence-electron chi connectivity index (χ2n) is 8.28. The number of alkyl halides is 3. The first-order valence-corrected chi connectivity index (χ1v) is 13.8. The van der Waals surface area contributed by atoms with Gasteiger partial charge in [0.1, 0.15) is 12.4 Å². The number of fused-ring (bicyclic) bond motifs is 2. The molecule has 0 amide bonds. The Morgan fingerprint density at radius 3 is 2.51 bits per heavy atom. The number of carbonyl (C=O) groups excluding carboxylic acids is 1. The molecule has 4 rings (SSSR count). The quantitative estimate of drug-likeness (QED) is 0.309. The number of ether oxygens (including phenoxy) is 2. The molecule has 0 fully saturated rings. The van der Waals surface area contributed by atoms with E-state index in [1.165, 1.54) is 18.9 Å². The van der Waals surface area contributed by atoms with Crippen molar-refractivity contribution in [3.8, 4) is 5.75 Å². The molecule has 11 heteroatoms. The molecular weight excluding hydrogens is 527 g/mol. The molecule has 0 radical (unpaired) electrons. The Balaban J connectivity index is 1.50. The van der Waals surface area contributed by atoms with Gasteiger partial charge in [-0.15, -0.1) is 11.8 Å². The molecule has 0 saturated heterocycles. The lowest BCUT2D eigenvalue weighted by Crippen LogP contribution is -2.26. The molecule has 0 saturated carbocycles. The summed E-state index contributed by atoms with van der Waals surface area (Å²) in [6.45, 7) is 0.432. The Morgan fingerprint density at radius 1 is 1.08 bits per heavy atom. The van der Waals surface area contributed by atoms with Gasteiger partial charge in [0.15, 0.2) is 0 Å². The number of hydrogen-bond donors (Lipinski definition) is 1. The van der Waals surface area contributed by atoms with Crippen molar-refractivity contribution in [1.29, 1.82) is 0 Å². The Morgan fingerprint density at radius 2 is 1.81 bits per heavy atom. The van der Waals surface area contributed by atoms with Crippen LogP contribution in [-0.4, -0.2) is 33.8 Å². The molecule has 0 aliphatic carbocycles. The summed E-state index contributed by atoms with van der Waals surface area (Å²) >= 11 is 1.50. The van der Waals surface area contributed by atoms with Gasteiger partial charge in [0, 0.05) is 17.9 Å². The lowest BCUT2D eigenvalue weighted by Gasteiger charge is -2.20. The zero-order chi connectivity index (χ0) is 26.6. The fourth-order valence-electron chi connectivity index (χ4n) is 3.97. The maximum absolute atomic E-state index is 12.8. The fourth-order valence-corrected chi connectivity index (χ4v) is 6.36. The Hall–Kier alpha value is -3.02. The van der Waals surface area contributed by atoms with Gasteiger partial charge < -0.3 is 9.47 Å². The number of carbonyl (C=O) groups is 1. The van der Waals surface area contributed by atoms with Crippen molar-refractivity contribution >= 4 is 27.8 Å². The summed E-state index contributed by atoms with van der Waals surface area (Å²) < 4.78 is 76.8. The molecule has 1 atom stereocenters. The van der Waals surface area contributed by atoms with E-state index in [0.717, 1.165) is 46.5 Å². The zero-order valence-corrected chi connectivity index (χ0v) is 21.4. The van der Waals surface area contributed by atoms with Gasteiger partial charge in [-0.05, 0) is 47.0 Å². The third kappa shape index (κ3) is 6.46. The minimum atomic E-state index is -4.54. The van der Waals surface area contributed by atoms with E-state index in [1.807, 2.05) is 42.5 Å². The number of hydrogen-bond acceptors (Lipinski definition) is 6. The normalized spacial score (nSPS) is 15.2. The van der Waals surface area contributed by atoms with Crippen LogP contribution in [-0.2, 0) is 38.8 Å². The van der Waals surface area contributed by atoms with Crippen LogP contribution >= 0.6 is 11.8 Å². The first-order chi connectivity index (χ1) is 17.6. The van der Waals surface area contributed by atoms with Crippen LogP contribution in [0.5, 0.6) is 5.75 Å². The molecule has 0 bridgehead atoms. The van der Waals surface area contributed by atoms with Crippen LogP contribution in [0, 0.1) is 0 Å². The first kappa shape index (κ1) is 27.0. The number of esters is 1. The molecule has 1 aliphatic heterocycles. The van der Waals surface area contributed by atoms with Gasteiger partial charge in [-0.25, -0.2) is 13.1 Å². The van der Waals surface area contributed by atoms with Crippen LogP contribution in [0.25, 0.3) is 0 Å². The van der Waals surface area contributed by atoms with Gasteiger partial charge in [0.25, 0.3) is 0 Å². The zero-order valence-electron chi connectivity index (χ0n) is 19.7. The number of halogens is 3. The van der Waals surface area contributed by atoms with Crippen molar-refractivity contribution in [1.82, 2.24) is 4.72 Å². The molecule has 3 aromatic carbocycles. The molecule has 1 heterocycles. The van der Waals surface area contributed by atoms with Crippen molar-refractivity contribution in [3.63, 3.8) is 0 Å². The standard InChI is InChI=1S/C26H24F3NO5S2/c1-34-24(31)15-17-6-11-23-22(14-17)25(21-5-3-2-4-18(21)16-35-23)36-13-12-30-37(32,33)20-9-7-19(8-10-20)26(27,28)29/h2-11,14,25,30H,12-13,15-16H2,1H3. The number of sulfonamides is 1. The van der Waals surface area contributed by atoms with E-state index in [-0.39, 0.29) is 29.1 Å². The maximum Gasteiger partial charge on any atom is 0.416 e. The average Bonchev–Trinajstić information content (AvgIpc) is 3.03. The van der Waals surface area contributed by atoms with Crippen molar-refractivity contribution in [2.45, 2.75) is 29.3 Å². The summed E-state index contributed by atoms with van der Waals surface area (Å²) in [6, 6.07) is 16.7. The van der Waals surface area contributed by atoms with E-state index in [1.54, 1.807) is 0 Å². The second-order valence-corrected chi connectivity index (χ2v) is 11.3. The van der Waals surface area contributed by atoms with Crippen LogP contribution in [0.3, 0.4) is 0 Å². The van der Waals surface area contributed by atoms with Crippen LogP contribution in [0.1, 0.15) is 33.1 Å². The summed E-state index contributed by atoms with van der Waals surface area (Å²) in [6.07, 6.45) is -4.44. The number of thioether (sulfide) groups is 1. The number of nitrogens with one attached hydrogen (secondary N) is 1. The van der Waals surface area contributed by atoms with Crippen molar-refractivity contribution in [3.05, 3.63) is 94.5 Å². The smallest absolute Gasteiger partial charge is 0.416 e. The average molecular weight is 552 g/mol. The molecular formula is C26H24F3NO5S2. The van der Waals surface area contributed by atoms with E-state index in [9.17, 15) is 26.4 Å². The van der Waals surface area contributed by atoms with Gasteiger partial charge in [0.05, 0.1) is 29.2 Å². The minimum Gasteiger partial charge on any atom is -0.489 e. The van der Waals surface area contributed by atoms with Crippen LogP contribution in [0.15, 0.2) is 71.6 Å². The highest BCUT2D eigenvalue weighted by Gasteiger charge is 2.31. The van der Waals surface area contributed by atoms with Crippen LogP contribution in [0.4, 0.5) is 13.2 Å². The summed E-state index contributed by atoms with van der Waals surface area (Å²) in [5, 5.41) is -0.193. The first-order valence-electron chi connectivity index (χ1n) is 11.3. The molecule has 0 aromatic heterocycles. The Labute approximate surface area is 217 Å². The van der Waals surface area contributed by atoms with Crippen LogP contribution in [0.2, 0.25) is 0 Å². The second kappa shape index (κ2) is 11.2. The number of benzene rings is 3. The molecule has 6 nitrogen and oxygen atoms in total. The predicted octanol–water partition coefficient (Wildman–Crippen LogP) is 5.11. The van der Waals surface area contributed by atoms with Crippen molar-refractivity contribution < 1.29 is 35.9 Å². The van der Waals surface area contributed by atoms with Crippen molar-refractivity contribution in [2.75, 3.05) is 19.4 Å². The number of rotatable bonds is 8. The van der Waals surface area contributed by atoms with E-state index in [0.29, 0.717) is 18.1 Å². The van der Waals surface area contributed by atoms with Gasteiger partial charge in [-0.1, -0.05) is 36.4 Å². The molecule has 0 spiro atoms. The third-order valence-electron chi connectivity index (χ3n) is 5.82. The van der Waals surface area contributed by atoms with Gasteiger partial charge in [0.2, 0.25) is 10.0 Å². The Bertz CT molecular complexity index is 1380. The molecule has 3 aromatic rings. The van der Waals surface area contributed by atoms with E-state index in [2.05, 4.69) is 4.72 Å². The highest BCUT2D eigenvalue weighted by atomic mass is 32.2. The topological polar surface area (TPSA) is 81.7 Å². The number of methoxy groups -OCH3 is 1. The molecule has 1 aliphatic rings. The monoisotopic (exact) mass is 551 g/mol. The van der Waals surface area contributed by atoms with Crippen molar-refractivity contribution in [2.24, 2.45) is 0 Å². The SMILES string of the molecule is COC(=O)Cc1ccc2c(c1)C(SCCNS(=O)(=O)c1ccc(C(F)(F)F)cc1)c1ccccc1CO2. The molecule has 1 N–H and O–H groups in total. The van der Waals surface area contributed by atoms with Crippen LogP contribution < -0.4 is 9.46 Å².